The zero-order chi connectivity index (χ0) is 9.80. The second kappa shape index (κ2) is 4.50. The van der Waals surface area contributed by atoms with E-state index in [1.54, 1.807) is 0 Å². The molecule has 0 spiro atoms. The third-order valence-electron chi connectivity index (χ3n) is 2.25. The van der Waals surface area contributed by atoms with Gasteiger partial charge in [0.1, 0.15) is 5.82 Å². The van der Waals surface area contributed by atoms with Crippen LogP contribution < -0.4 is 10.9 Å². The predicted molar refractivity (Wildman–Crippen MR) is 58.8 cm³/mol. The summed E-state index contributed by atoms with van der Waals surface area (Å²) in [5.74, 6) is 3.08. The number of H-pyrrole nitrogens is 1. The zero-order valence-electron chi connectivity index (χ0n) is 7.82. The summed E-state index contributed by atoms with van der Waals surface area (Å²) in [4.78, 5) is 17.6. The molecular weight excluding hydrogens is 198 g/mol. The molecule has 0 amide bonds. The monoisotopic (exact) mass is 211 g/mol. The van der Waals surface area contributed by atoms with Crippen molar-refractivity contribution >= 4 is 17.6 Å². The summed E-state index contributed by atoms with van der Waals surface area (Å²) in [6.07, 6.45) is 3.74. The highest BCUT2D eigenvalue weighted by Gasteiger charge is 2.13. The molecular formula is C9H13N3OS. The van der Waals surface area contributed by atoms with Crippen LogP contribution in [-0.2, 0) is 0 Å². The first-order valence-electron chi connectivity index (χ1n) is 4.73. The Morgan fingerprint density at radius 3 is 3.00 bits per heavy atom. The summed E-state index contributed by atoms with van der Waals surface area (Å²) in [5, 5.41) is 3.28. The molecule has 0 atom stereocenters. The molecule has 0 aliphatic carbocycles. The minimum Gasteiger partial charge on any atom is -0.367 e. The number of hydrogen-bond donors (Lipinski definition) is 2. The lowest BCUT2D eigenvalue weighted by Crippen LogP contribution is -2.25. The molecule has 2 N–H and O–H groups in total. The third kappa shape index (κ3) is 2.51. The number of hydrogen-bond acceptors (Lipinski definition) is 4. The first-order valence-corrected chi connectivity index (χ1v) is 5.89. The SMILES string of the molecule is O=c1cc(NC2CCSCC2)nc[nH]1. The fourth-order valence-electron chi connectivity index (χ4n) is 1.50. The van der Waals surface area contributed by atoms with E-state index >= 15 is 0 Å². The van der Waals surface area contributed by atoms with Crippen molar-refractivity contribution in [3.63, 3.8) is 0 Å². The van der Waals surface area contributed by atoms with Gasteiger partial charge in [0, 0.05) is 12.1 Å². The Labute approximate surface area is 86.5 Å². The van der Waals surface area contributed by atoms with Crippen LogP contribution in [0.3, 0.4) is 0 Å². The Hall–Kier alpha value is -0.970. The van der Waals surface area contributed by atoms with Crippen molar-refractivity contribution in [3.8, 4) is 0 Å². The Morgan fingerprint density at radius 1 is 1.50 bits per heavy atom. The van der Waals surface area contributed by atoms with Gasteiger partial charge in [-0.2, -0.15) is 11.8 Å². The summed E-state index contributed by atoms with van der Waals surface area (Å²) in [7, 11) is 0. The van der Waals surface area contributed by atoms with E-state index in [2.05, 4.69) is 15.3 Å². The van der Waals surface area contributed by atoms with Crippen LogP contribution in [0.2, 0.25) is 0 Å². The lowest BCUT2D eigenvalue weighted by molar-refractivity contribution is 0.663. The van der Waals surface area contributed by atoms with Gasteiger partial charge in [-0.3, -0.25) is 4.79 Å². The number of nitrogens with one attached hydrogen (secondary N) is 2. The van der Waals surface area contributed by atoms with E-state index < -0.39 is 0 Å². The first-order chi connectivity index (χ1) is 6.84. The van der Waals surface area contributed by atoms with Crippen LogP contribution in [-0.4, -0.2) is 27.5 Å². The Bertz CT molecular complexity index is 346. The van der Waals surface area contributed by atoms with Crippen molar-refractivity contribution < 1.29 is 0 Å². The van der Waals surface area contributed by atoms with Gasteiger partial charge < -0.3 is 10.3 Å². The van der Waals surface area contributed by atoms with Gasteiger partial charge in [0.05, 0.1) is 6.33 Å². The van der Waals surface area contributed by atoms with Gasteiger partial charge in [-0.1, -0.05) is 0 Å². The Morgan fingerprint density at radius 2 is 2.29 bits per heavy atom. The molecule has 1 aliphatic rings. The normalized spacial score (nSPS) is 18.0. The summed E-state index contributed by atoms with van der Waals surface area (Å²) in [6, 6.07) is 1.98. The molecule has 0 unspecified atom stereocenters. The van der Waals surface area contributed by atoms with Crippen molar-refractivity contribution in [2.24, 2.45) is 0 Å². The quantitative estimate of drug-likeness (QED) is 0.768. The predicted octanol–water partition coefficient (Wildman–Crippen LogP) is 1.08. The topological polar surface area (TPSA) is 57.8 Å². The van der Waals surface area contributed by atoms with Crippen LogP contribution in [0.1, 0.15) is 12.8 Å². The molecule has 1 aromatic rings. The molecule has 76 valence electrons. The van der Waals surface area contributed by atoms with E-state index in [-0.39, 0.29) is 5.56 Å². The average molecular weight is 211 g/mol. The second-order valence-corrected chi connectivity index (χ2v) is 4.55. The molecule has 1 saturated heterocycles. The largest absolute Gasteiger partial charge is 0.367 e. The summed E-state index contributed by atoms with van der Waals surface area (Å²) >= 11 is 1.98. The van der Waals surface area contributed by atoms with Crippen LogP contribution in [0, 0.1) is 0 Å². The van der Waals surface area contributed by atoms with Crippen LogP contribution in [0.25, 0.3) is 0 Å². The minimum absolute atomic E-state index is 0.104. The number of rotatable bonds is 2. The fourth-order valence-corrected chi connectivity index (χ4v) is 2.61. The van der Waals surface area contributed by atoms with E-state index in [4.69, 9.17) is 0 Å². The number of aromatic amines is 1. The molecule has 1 fully saturated rings. The number of aromatic nitrogens is 2. The van der Waals surface area contributed by atoms with Gasteiger partial charge in [0.2, 0.25) is 0 Å². The summed E-state index contributed by atoms with van der Waals surface area (Å²) in [5.41, 5.74) is -0.104. The highest BCUT2D eigenvalue weighted by molar-refractivity contribution is 7.99. The zero-order valence-corrected chi connectivity index (χ0v) is 8.64. The number of nitrogens with zero attached hydrogens (tertiary/aromatic N) is 1. The molecule has 0 bridgehead atoms. The molecule has 0 saturated carbocycles. The lowest BCUT2D eigenvalue weighted by atomic mass is 10.1. The molecule has 0 aromatic carbocycles. The third-order valence-corrected chi connectivity index (χ3v) is 3.30. The molecule has 14 heavy (non-hydrogen) atoms. The molecule has 0 radical (unpaired) electrons. The van der Waals surface area contributed by atoms with Crippen molar-refractivity contribution in [2.75, 3.05) is 16.8 Å². The second-order valence-electron chi connectivity index (χ2n) is 3.33. The van der Waals surface area contributed by atoms with Gasteiger partial charge in [-0.15, -0.1) is 0 Å². The molecule has 2 heterocycles. The van der Waals surface area contributed by atoms with Gasteiger partial charge in [-0.25, -0.2) is 4.98 Å². The van der Waals surface area contributed by atoms with E-state index in [1.165, 1.54) is 23.9 Å². The lowest BCUT2D eigenvalue weighted by Gasteiger charge is -2.22. The van der Waals surface area contributed by atoms with E-state index in [0.717, 1.165) is 12.8 Å². The maximum Gasteiger partial charge on any atom is 0.252 e. The van der Waals surface area contributed by atoms with E-state index in [9.17, 15) is 4.79 Å². The first kappa shape index (κ1) is 9.58. The van der Waals surface area contributed by atoms with Crippen LogP contribution in [0.4, 0.5) is 5.82 Å². The van der Waals surface area contributed by atoms with Gasteiger partial charge in [0.25, 0.3) is 5.56 Å². The summed E-state index contributed by atoms with van der Waals surface area (Å²) < 4.78 is 0. The summed E-state index contributed by atoms with van der Waals surface area (Å²) in [6.45, 7) is 0. The standard InChI is InChI=1S/C9H13N3OS/c13-9-5-8(10-6-11-9)12-7-1-3-14-4-2-7/h5-7H,1-4H2,(H2,10,11,12,13). The molecule has 1 aromatic heterocycles. The maximum absolute atomic E-state index is 11.0. The molecule has 1 aliphatic heterocycles. The minimum atomic E-state index is -0.104. The molecule has 5 heteroatoms. The van der Waals surface area contributed by atoms with Crippen molar-refractivity contribution in [1.29, 1.82) is 0 Å². The number of anilines is 1. The van der Waals surface area contributed by atoms with Crippen LogP contribution in [0.15, 0.2) is 17.2 Å². The Balaban J connectivity index is 1.99. The van der Waals surface area contributed by atoms with E-state index in [0.29, 0.717) is 11.9 Å². The Kier molecular flexibility index (Phi) is 3.08. The maximum atomic E-state index is 11.0. The van der Waals surface area contributed by atoms with Crippen molar-refractivity contribution in [2.45, 2.75) is 18.9 Å². The van der Waals surface area contributed by atoms with E-state index in [1.807, 2.05) is 11.8 Å². The van der Waals surface area contributed by atoms with Crippen molar-refractivity contribution in [1.82, 2.24) is 9.97 Å². The molecule has 2 rings (SSSR count). The van der Waals surface area contributed by atoms with Gasteiger partial charge in [-0.05, 0) is 24.3 Å². The van der Waals surface area contributed by atoms with Gasteiger partial charge in [0.15, 0.2) is 0 Å². The molecule has 4 nitrogen and oxygen atoms in total. The van der Waals surface area contributed by atoms with Crippen molar-refractivity contribution in [3.05, 3.63) is 22.7 Å². The highest BCUT2D eigenvalue weighted by atomic mass is 32.2. The van der Waals surface area contributed by atoms with Crippen LogP contribution >= 0.6 is 11.8 Å². The van der Waals surface area contributed by atoms with Gasteiger partial charge >= 0.3 is 0 Å². The fraction of sp³-hybridized carbons (Fsp3) is 0.556. The smallest absolute Gasteiger partial charge is 0.252 e. The highest BCUT2D eigenvalue weighted by Crippen LogP contribution is 2.19. The number of thioether (sulfide) groups is 1. The van der Waals surface area contributed by atoms with Crippen LogP contribution in [0.5, 0.6) is 0 Å². The average Bonchev–Trinajstić information content (AvgIpc) is 2.19.